The second-order valence-electron chi connectivity index (χ2n) is 5.01. The molecule has 1 aliphatic heterocycles. The number of halogens is 4. The minimum absolute atomic E-state index is 0.0906. The number of hydrogen-bond acceptors (Lipinski definition) is 7. The Morgan fingerprint density at radius 3 is 2.63 bits per heavy atom. The van der Waals surface area contributed by atoms with Crippen molar-refractivity contribution in [2.75, 3.05) is 19.5 Å². The molecule has 3 heterocycles. The van der Waals surface area contributed by atoms with Gasteiger partial charge >= 0.3 is 29.0 Å². The number of thioether (sulfide) groups is 1. The molecule has 1 aliphatic rings. The smallest absolute Gasteiger partial charge is 0.422 e. The molecule has 2 aromatic heterocycles. The summed E-state index contributed by atoms with van der Waals surface area (Å²) in [6.07, 6.45) is -3.01. The second kappa shape index (κ2) is 8.93. The molecule has 0 atom stereocenters. The number of methoxy groups -OCH3 is 1. The Morgan fingerprint density at radius 2 is 2.15 bits per heavy atom. The molecule has 13 heteroatoms. The number of ether oxygens (including phenoxy) is 2. The van der Waals surface area contributed by atoms with Gasteiger partial charge in [0.2, 0.25) is 0 Å². The Balaban J connectivity index is 0.000000369. The third-order valence-corrected chi connectivity index (χ3v) is 5.27. The van der Waals surface area contributed by atoms with Crippen molar-refractivity contribution in [2.45, 2.75) is 17.9 Å². The van der Waals surface area contributed by atoms with Crippen molar-refractivity contribution in [3.05, 3.63) is 21.7 Å². The SMILES string of the molecule is COc1c(C(=O)C(=O)OCC(F)(F)F)n2c([n+]1C)SCC2.Clc1nccs1. The van der Waals surface area contributed by atoms with Crippen molar-refractivity contribution in [3.63, 3.8) is 0 Å². The normalized spacial score (nSPS) is 12.8. The third-order valence-electron chi connectivity index (χ3n) is 3.20. The number of rotatable bonds is 4. The Labute approximate surface area is 165 Å². The van der Waals surface area contributed by atoms with E-state index in [2.05, 4.69) is 9.72 Å². The minimum atomic E-state index is -4.68. The van der Waals surface area contributed by atoms with Gasteiger partial charge in [-0.1, -0.05) is 11.6 Å². The molecule has 0 saturated carbocycles. The van der Waals surface area contributed by atoms with Gasteiger partial charge in [-0.25, -0.2) is 14.3 Å². The summed E-state index contributed by atoms with van der Waals surface area (Å²) in [7, 11) is 2.95. The number of Topliss-reactive ketones (excluding diaryl/α,β-unsaturated/α-hetero) is 1. The van der Waals surface area contributed by atoms with E-state index in [1.165, 1.54) is 30.2 Å². The first-order valence-electron chi connectivity index (χ1n) is 7.28. The lowest BCUT2D eigenvalue weighted by Gasteiger charge is -2.06. The van der Waals surface area contributed by atoms with Gasteiger partial charge in [0.05, 0.1) is 14.2 Å². The van der Waals surface area contributed by atoms with Crippen LogP contribution in [0.3, 0.4) is 0 Å². The molecule has 2 aromatic rings. The highest BCUT2D eigenvalue weighted by atomic mass is 35.5. The molecule has 7 nitrogen and oxygen atoms in total. The first kappa shape index (κ1) is 21.5. The van der Waals surface area contributed by atoms with Crippen molar-refractivity contribution in [3.8, 4) is 5.88 Å². The van der Waals surface area contributed by atoms with Crippen LogP contribution in [0, 0.1) is 0 Å². The van der Waals surface area contributed by atoms with Crippen LogP contribution in [-0.2, 0) is 23.1 Å². The van der Waals surface area contributed by atoms with Crippen molar-refractivity contribution in [1.82, 2.24) is 9.55 Å². The largest absolute Gasteiger partial charge is 0.462 e. The molecule has 148 valence electrons. The summed E-state index contributed by atoms with van der Waals surface area (Å²) in [4.78, 5) is 27.3. The lowest BCUT2D eigenvalue weighted by Crippen LogP contribution is -2.31. The van der Waals surface area contributed by atoms with Gasteiger partial charge < -0.3 is 9.47 Å². The molecule has 0 fully saturated rings. The van der Waals surface area contributed by atoms with Gasteiger partial charge in [-0.05, 0) is 11.8 Å². The minimum Gasteiger partial charge on any atom is -0.462 e. The monoisotopic (exact) mass is 444 g/mol. The highest BCUT2D eigenvalue weighted by molar-refractivity contribution is 7.99. The summed E-state index contributed by atoms with van der Waals surface area (Å²) >= 11 is 8.25. The molecule has 0 spiro atoms. The number of ketones is 1. The fourth-order valence-electron chi connectivity index (χ4n) is 2.22. The van der Waals surface area contributed by atoms with Crippen LogP contribution in [0.1, 0.15) is 10.5 Å². The highest BCUT2D eigenvalue weighted by Gasteiger charge is 2.41. The maximum atomic E-state index is 12.0. The predicted octanol–water partition coefficient (Wildman–Crippen LogP) is 2.51. The van der Waals surface area contributed by atoms with Gasteiger partial charge in [0, 0.05) is 17.3 Å². The van der Waals surface area contributed by atoms with Crippen LogP contribution < -0.4 is 9.30 Å². The van der Waals surface area contributed by atoms with Gasteiger partial charge in [0.15, 0.2) is 11.1 Å². The maximum absolute atomic E-state index is 12.0. The number of fused-ring (bicyclic) bond motifs is 1. The van der Waals surface area contributed by atoms with Crippen LogP contribution in [0.4, 0.5) is 13.2 Å². The molecule has 0 radical (unpaired) electrons. The van der Waals surface area contributed by atoms with E-state index in [1.54, 1.807) is 22.4 Å². The first-order valence-corrected chi connectivity index (χ1v) is 9.52. The fraction of sp³-hybridized carbons (Fsp3) is 0.429. The van der Waals surface area contributed by atoms with Crippen LogP contribution in [0.5, 0.6) is 5.88 Å². The number of imidazole rings is 1. The Kier molecular flexibility index (Phi) is 7.12. The quantitative estimate of drug-likeness (QED) is 0.312. The van der Waals surface area contributed by atoms with Crippen LogP contribution >= 0.6 is 34.7 Å². The number of aromatic nitrogens is 3. The van der Waals surface area contributed by atoms with Crippen LogP contribution in [0.2, 0.25) is 4.47 Å². The molecule has 0 aromatic carbocycles. The summed E-state index contributed by atoms with van der Waals surface area (Å²) in [6.45, 7) is -1.33. The van der Waals surface area contributed by atoms with Crippen LogP contribution in [-0.4, -0.2) is 46.9 Å². The number of thiazole rings is 1. The Morgan fingerprint density at radius 1 is 1.44 bits per heavy atom. The van der Waals surface area contributed by atoms with E-state index in [0.717, 1.165) is 0 Å². The molecular formula is C14H14ClF3N3O4S2+. The average Bonchev–Trinajstić information content (AvgIpc) is 3.31. The van der Waals surface area contributed by atoms with Gasteiger partial charge in [0.1, 0.15) is 6.54 Å². The van der Waals surface area contributed by atoms with Gasteiger partial charge in [0.25, 0.3) is 5.69 Å². The summed E-state index contributed by atoms with van der Waals surface area (Å²) in [5, 5.41) is 2.53. The molecule has 0 aliphatic carbocycles. The predicted molar refractivity (Wildman–Crippen MR) is 91.4 cm³/mol. The molecular weight excluding hydrogens is 431 g/mol. The number of hydrogen-bond donors (Lipinski definition) is 0. The number of alkyl halides is 3. The van der Waals surface area contributed by atoms with Crippen molar-refractivity contribution < 1.29 is 36.8 Å². The zero-order valence-corrected chi connectivity index (χ0v) is 16.5. The van der Waals surface area contributed by atoms with E-state index >= 15 is 0 Å². The Hall–Kier alpha value is -1.79. The molecule has 0 bridgehead atoms. The zero-order chi connectivity index (χ0) is 20.2. The molecule has 0 saturated heterocycles. The molecule has 27 heavy (non-hydrogen) atoms. The lowest BCUT2D eigenvalue weighted by atomic mass is 10.3. The van der Waals surface area contributed by atoms with E-state index < -0.39 is 24.5 Å². The number of carbonyl (C=O) groups excluding carboxylic acids is 2. The van der Waals surface area contributed by atoms with E-state index in [0.29, 0.717) is 21.9 Å². The maximum Gasteiger partial charge on any atom is 0.422 e. The average molecular weight is 445 g/mol. The molecule has 0 N–H and O–H groups in total. The summed E-state index contributed by atoms with van der Waals surface area (Å²) in [5.74, 6) is -1.89. The number of esters is 1. The molecule has 3 rings (SSSR count). The van der Waals surface area contributed by atoms with Crippen molar-refractivity contribution >= 4 is 46.5 Å². The molecule has 0 amide bonds. The second-order valence-corrected chi connectivity index (χ2v) is 7.54. The standard InChI is InChI=1S/C11H12F3N2O4S.C3H2ClNS/c1-15-8(19-2)6(16-3-4-21-10(15)16)7(17)9(18)20-5-11(12,13)14;4-3-5-1-2-6-3/h3-5H2,1-2H3;1-2H/q+1;. The van der Waals surface area contributed by atoms with Gasteiger partial charge in [-0.3, -0.25) is 4.79 Å². The summed E-state index contributed by atoms with van der Waals surface area (Å²) in [5.41, 5.74) is -0.0906. The fourth-order valence-corrected chi connectivity index (χ4v) is 3.86. The van der Waals surface area contributed by atoms with Gasteiger partial charge in [-0.15, -0.1) is 11.3 Å². The zero-order valence-electron chi connectivity index (χ0n) is 14.1. The highest BCUT2D eigenvalue weighted by Crippen LogP contribution is 2.30. The topological polar surface area (TPSA) is 74.3 Å². The van der Waals surface area contributed by atoms with Crippen LogP contribution in [0.25, 0.3) is 0 Å². The van der Waals surface area contributed by atoms with E-state index in [9.17, 15) is 22.8 Å². The van der Waals surface area contributed by atoms with E-state index in [1.807, 2.05) is 5.38 Å². The summed E-state index contributed by atoms with van der Waals surface area (Å²) < 4.78 is 48.9. The first-order chi connectivity index (χ1) is 12.7. The summed E-state index contributed by atoms with van der Waals surface area (Å²) in [6, 6.07) is 0. The van der Waals surface area contributed by atoms with Crippen molar-refractivity contribution in [1.29, 1.82) is 0 Å². The van der Waals surface area contributed by atoms with E-state index in [-0.39, 0.29) is 11.6 Å². The molecule has 0 unspecified atom stereocenters. The Bertz CT molecular complexity index is 821. The van der Waals surface area contributed by atoms with Crippen LogP contribution in [0.15, 0.2) is 16.7 Å². The number of carbonyl (C=O) groups is 2. The number of nitrogens with zero attached hydrogens (tertiary/aromatic N) is 3. The van der Waals surface area contributed by atoms with E-state index in [4.69, 9.17) is 16.3 Å². The van der Waals surface area contributed by atoms with Gasteiger partial charge in [-0.2, -0.15) is 17.7 Å². The lowest BCUT2D eigenvalue weighted by molar-refractivity contribution is -0.713. The third kappa shape index (κ3) is 5.36. The van der Waals surface area contributed by atoms with Crippen molar-refractivity contribution in [2.24, 2.45) is 7.05 Å².